The lowest BCUT2D eigenvalue weighted by Crippen LogP contribution is -2.42. The summed E-state index contributed by atoms with van der Waals surface area (Å²) in [6.07, 6.45) is 7.84. The van der Waals surface area contributed by atoms with Gasteiger partial charge in [0.25, 0.3) is 5.91 Å². The van der Waals surface area contributed by atoms with Crippen molar-refractivity contribution in [2.45, 2.75) is 32.1 Å². The minimum atomic E-state index is -0.00431. The Balaban J connectivity index is 1.82. The molecule has 19 heavy (non-hydrogen) atoms. The average molecular weight is 261 g/mol. The molecule has 1 aliphatic carbocycles. The van der Waals surface area contributed by atoms with Crippen molar-refractivity contribution in [2.75, 3.05) is 23.8 Å². The Morgan fingerprint density at radius 3 is 2.95 bits per heavy atom. The van der Waals surface area contributed by atoms with Crippen LogP contribution in [0.1, 0.15) is 32.1 Å². The summed E-state index contributed by atoms with van der Waals surface area (Å²) in [5.74, 6) is 1.82. The van der Waals surface area contributed by atoms with Crippen LogP contribution in [0.15, 0.2) is 12.3 Å². The first kappa shape index (κ1) is 12.3. The maximum atomic E-state index is 12.0. The van der Waals surface area contributed by atoms with E-state index in [2.05, 4.69) is 4.98 Å². The third-order valence-electron chi connectivity index (χ3n) is 3.93. The van der Waals surface area contributed by atoms with Crippen molar-refractivity contribution in [3.63, 3.8) is 0 Å². The lowest BCUT2D eigenvalue weighted by atomic mass is 9.89. The molecule has 0 radical (unpaired) electrons. The average Bonchev–Trinajstić information content (AvgIpc) is 2.43. The Hall–Kier alpha value is -1.78. The summed E-state index contributed by atoms with van der Waals surface area (Å²) >= 11 is 0. The van der Waals surface area contributed by atoms with Crippen molar-refractivity contribution >= 4 is 17.4 Å². The minimum absolute atomic E-state index is 0.00431. The Morgan fingerprint density at radius 2 is 2.16 bits per heavy atom. The molecule has 1 amide bonds. The van der Waals surface area contributed by atoms with Gasteiger partial charge in [0.1, 0.15) is 0 Å². The molecule has 0 unspecified atom stereocenters. The summed E-state index contributed by atoms with van der Waals surface area (Å²) in [5, 5.41) is 0. The van der Waals surface area contributed by atoms with E-state index in [1.54, 1.807) is 17.2 Å². The molecule has 102 valence electrons. The molecule has 1 aliphatic heterocycles. The van der Waals surface area contributed by atoms with E-state index in [4.69, 9.17) is 10.5 Å². The van der Waals surface area contributed by atoms with Crippen LogP contribution in [-0.2, 0) is 4.79 Å². The zero-order valence-corrected chi connectivity index (χ0v) is 11.0. The maximum Gasteiger partial charge on any atom is 0.266 e. The molecular weight excluding hydrogens is 242 g/mol. The van der Waals surface area contributed by atoms with E-state index in [-0.39, 0.29) is 12.5 Å². The molecule has 0 aromatic carbocycles. The van der Waals surface area contributed by atoms with E-state index in [0.29, 0.717) is 23.2 Å². The first-order valence-corrected chi connectivity index (χ1v) is 6.93. The number of aromatic nitrogens is 1. The van der Waals surface area contributed by atoms with Gasteiger partial charge in [0, 0.05) is 12.6 Å². The summed E-state index contributed by atoms with van der Waals surface area (Å²) in [7, 11) is 0. The number of nitrogens with two attached hydrogens (primary N) is 1. The van der Waals surface area contributed by atoms with E-state index in [1.807, 2.05) is 0 Å². The van der Waals surface area contributed by atoms with Crippen LogP contribution in [-0.4, -0.2) is 24.0 Å². The largest absolute Gasteiger partial charge is 0.480 e. The van der Waals surface area contributed by atoms with Crippen LogP contribution in [0.2, 0.25) is 0 Å². The second kappa shape index (κ2) is 5.07. The van der Waals surface area contributed by atoms with Crippen LogP contribution in [0.5, 0.6) is 5.75 Å². The molecular formula is C14H19N3O2. The van der Waals surface area contributed by atoms with Gasteiger partial charge in [0.15, 0.2) is 18.2 Å². The summed E-state index contributed by atoms with van der Waals surface area (Å²) in [6, 6.07) is 1.74. The third-order valence-corrected chi connectivity index (χ3v) is 3.93. The number of hydrogen-bond donors (Lipinski definition) is 1. The molecule has 0 saturated heterocycles. The Kier molecular flexibility index (Phi) is 3.27. The summed E-state index contributed by atoms with van der Waals surface area (Å²) in [4.78, 5) is 18.1. The number of nitrogens with zero attached hydrogens (tertiary/aromatic N) is 2. The van der Waals surface area contributed by atoms with Crippen LogP contribution in [0.25, 0.3) is 0 Å². The van der Waals surface area contributed by atoms with Crippen LogP contribution >= 0.6 is 0 Å². The van der Waals surface area contributed by atoms with Gasteiger partial charge in [-0.15, -0.1) is 0 Å². The Bertz CT molecular complexity index is 484. The quantitative estimate of drug-likeness (QED) is 0.883. The van der Waals surface area contributed by atoms with Gasteiger partial charge >= 0.3 is 0 Å². The molecule has 1 aromatic rings. The highest BCUT2D eigenvalue weighted by Gasteiger charge is 2.29. The molecule has 0 spiro atoms. The van der Waals surface area contributed by atoms with Crippen molar-refractivity contribution in [2.24, 2.45) is 5.92 Å². The smallest absolute Gasteiger partial charge is 0.266 e. The highest BCUT2D eigenvalue weighted by Crippen LogP contribution is 2.33. The predicted molar refractivity (Wildman–Crippen MR) is 73.1 cm³/mol. The summed E-state index contributed by atoms with van der Waals surface area (Å²) < 4.78 is 5.40. The SMILES string of the molecule is Nc1cnc2c(c1)OCC(=O)N2CC1CCCCC1. The number of rotatable bonds is 2. The molecule has 1 fully saturated rings. The number of nitrogen functional groups attached to an aromatic ring is 1. The van der Waals surface area contributed by atoms with Gasteiger partial charge in [-0.05, 0) is 18.8 Å². The first-order chi connectivity index (χ1) is 9.24. The lowest BCUT2D eigenvalue weighted by molar-refractivity contribution is -0.121. The van der Waals surface area contributed by atoms with Gasteiger partial charge in [0.2, 0.25) is 0 Å². The number of anilines is 2. The standard InChI is InChI=1S/C14H19N3O2/c15-11-6-12-14(16-7-11)17(13(18)9-19-12)8-10-4-2-1-3-5-10/h6-7,10H,1-5,8-9,15H2. The zero-order chi connectivity index (χ0) is 13.2. The second-order valence-electron chi connectivity index (χ2n) is 5.39. The van der Waals surface area contributed by atoms with Crippen molar-refractivity contribution in [1.29, 1.82) is 0 Å². The molecule has 5 nitrogen and oxygen atoms in total. The second-order valence-corrected chi connectivity index (χ2v) is 5.39. The van der Waals surface area contributed by atoms with E-state index >= 15 is 0 Å². The van der Waals surface area contributed by atoms with Crippen molar-refractivity contribution in [1.82, 2.24) is 4.98 Å². The Labute approximate surface area is 112 Å². The van der Waals surface area contributed by atoms with Gasteiger partial charge in [-0.3, -0.25) is 9.69 Å². The third kappa shape index (κ3) is 2.50. The molecule has 5 heteroatoms. The topological polar surface area (TPSA) is 68.5 Å². The molecule has 2 aliphatic rings. The normalized spacial score (nSPS) is 20.0. The van der Waals surface area contributed by atoms with E-state index in [9.17, 15) is 4.79 Å². The van der Waals surface area contributed by atoms with E-state index in [1.165, 1.54) is 32.1 Å². The highest BCUT2D eigenvalue weighted by atomic mass is 16.5. The maximum absolute atomic E-state index is 12.0. The fraction of sp³-hybridized carbons (Fsp3) is 0.571. The summed E-state index contributed by atoms with van der Waals surface area (Å²) in [6.45, 7) is 0.844. The van der Waals surface area contributed by atoms with Crippen LogP contribution in [0, 0.1) is 5.92 Å². The molecule has 0 bridgehead atoms. The van der Waals surface area contributed by atoms with Crippen molar-refractivity contribution < 1.29 is 9.53 Å². The number of amides is 1. The Morgan fingerprint density at radius 1 is 1.37 bits per heavy atom. The number of carbonyl (C=O) groups is 1. The van der Waals surface area contributed by atoms with Gasteiger partial charge < -0.3 is 10.5 Å². The van der Waals surface area contributed by atoms with Gasteiger partial charge in [-0.1, -0.05) is 19.3 Å². The fourth-order valence-electron chi connectivity index (χ4n) is 2.91. The van der Waals surface area contributed by atoms with Gasteiger partial charge in [0.05, 0.1) is 11.9 Å². The number of ether oxygens (including phenoxy) is 1. The molecule has 3 rings (SSSR count). The number of fused-ring (bicyclic) bond motifs is 1. The van der Waals surface area contributed by atoms with Crippen LogP contribution in [0.4, 0.5) is 11.5 Å². The first-order valence-electron chi connectivity index (χ1n) is 6.93. The number of pyridine rings is 1. The fourth-order valence-corrected chi connectivity index (χ4v) is 2.91. The van der Waals surface area contributed by atoms with Gasteiger partial charge in [-0.2, -0.15) is 0 Å². The van der Waals surface area contributed by atoms with Crippen molar-refractivity contribution in [3.05, 3.63) is 12.3 Å². The summed E-state index contributed by atoms with van der Waals surface area (Å²) in [5.41, 5.74) is 6.26. The van der Waals surface area contributed by atoms with Gasteiger partial charge in [-0.25, -0.2) is 4.98 Å². The lowest BCUT2D eigenvalue weighted by Gasteiger charge is -2.32. The zero-order valence-electron chi connectivity index (χ0n) is 11.0. The molecule has 2 heterocycles. The molecule has 0 atom stereocenters. The van der Waals surface area contributed by atoms with Crippen LogP contribution < -0.4 is 15.4 Å². The number of hydrogen-bond acceptors (Lipinski definition) is 4. The van der Waals surface area contributed by atoms with E-state index in [0.717, 1.165) is 6.54 Å². The monoisotopic (exact) mass is 261 g/mol. The molecule has 1 saturated carbocycles. The molecule has 2 N–H and O–H groups in total. The number of carbonyl (C=O) groups excluding carboxylic acids is 1. The van der Waals surface area contributed by atoms with Crippen molar-refractivity contribution in [3.8, 4) is 5.75 Å². The predicted octanol–water partition coefficient (Wildman–Crippen LogP) is 1.97. The van der Waals surface area contributed by atoms with Crippen LogP contribution in [0.3, 0.4) is 0 Å². The minimum Gasteiger partial charge on any atom is -0.480 e. The van der Waals surface area contributed by atoms with E-state index < -0.39 is 0 Å². The highest BCUT2D eigenvalue weighted by molar-refractivity contribution is 5.96. The molecule has 1 aromatic heterocycles.